The number of halogens is 1. The molecule has 26 heavy (non-hydrogen) atoms. The van der Waals surface area contributed by atoms with Gasteiger partial charge < -0.3 is 13.9 Å². The molecule has 1 saturated heterocycles. The van der Waals surface area contributed by atoms with Crippen LogP contribution in [-0.2, 0) is 13.9 Å². The van der Waals surface area contributed by atoms with Gasteiger partial charge in [-0.3, -0.25) is 0 Å². The number of hydrogen-bond acceptors (Lipinski definition) is 5. The summed E-state index contributed by atoms with van der Waals surface area (Å²) in [6, 6.07) is 1.79. The van der Waals surface area contributed by atoms with Crippen molar-refractivity contribution in [2.45, 2.75) is 64.1 Å². The fourth-order valence-corrected chi connectivity index (χ4v) is 5.02. The molecule has 0 radical (unpaired) electrons. The molecule has 1 aromatic heterocycles. The maximum absolute atomic E-state index is 12.1. The highest BCUT2D eigenvalue weighted by Gasteiger charge is 2.47. The van der Waals surface area contributed by atoms with Crippen LogP contribution in [0.4, 0.5) is 0 Å². The van der Waals surface area contributed by atoms with Gasteiger partial charge in [-0.05, 0) is 42.8 Å². The van der Waals surface area contributed by atoms with Gasteiger partial charge in [-0.25, -0.2) is 9.78 Å². The normalized spacial score (nSPS) is 22.8. The van der Waals surface area contributed by atoms with Gasteiger partial charge in [0.05, 0.1) is 18.9 Å². The Morgan fingerprint density at radius 2 is 2.04 bits per heavy atom. The molecule has 0 saturated carbocycles. The Bertz CT molecular complexity index is 784. The standard InChI is InChI=1S/C19H26BrNO4Si/c1-10(25-26(6,7)19(2,3)4)11-8-13(18(22)23-5)21-16-15(11)12(20)9-14-17(16)24-14/h8-10,14,17H,1-7H3/t10-,14-,17-/m0/s1. The van der Waals surface area contributed by atoms with Crippen molar-refractivity contribution in [1.29, 1.82) is 0 Å². The largest absolute Gasteiger partial charge is 0.464 e. The molecule has 1 aromatic rings. The zero-order chi connectivity index (χ0) is 19.4. The number of pyridine rings is 1. The predicted octanol–water partition coefficient (Wildman–Crippen LogP) is 5.14. The molecule has 2 heterocycles. The Kier molecular flexibility index (Phi) is 4.97. The number of rotatable bonds is 4. The van der Waals surface area contributed by atoms with Gasteiger partial charge in [0.1, 0.15) is 17.9 Å². The lowest BCUT2D eigenvalue weighted by molar-refractivity contribution is 0.0593. The van der Waals surface area contributed by atoms with Crippen LogP contribution in [-0.4, -0.2) is 32.5 Å². The summed E-state index contributed by atoms with van der Waals surface area (Å²) >= 11 is 3.65. The maximum Gasteiger partial charge on any atom is 0.356 e. The van der Waals surface area contributed by atoms with Crippen molar-refractivity contribution in [3.63, 3.8) is 0 Å². The maximum atomic E-state index is 12.1. The first kappa shape index (κ1) is 19.7. The summed E-state index contributed by atoms with van der Waals surface area (Å²) < 4.78 is 18.1. The van der Waals surface area contributed by atoms with Crippen LogP contribution in [0.25, 0.3) is 4.48 Å². The highest BCUT2D eigenvalue weighted by atomic mass is 79.9. The van der Waals surface area contributed by atoms with Gasteiger partial charge in [-0.1, -0.05) is 36.7 Å². The van der Waals surface area contributed by atoms with E-state index < -0.39 is 14.3 Å². The molecule has 1 aliphatic heterocycles. The number of ether oxygens (including phenoxy) is 2. The summed E-state index contributed by atoms with van der Waals surface area (Å²) in [5.74, 6) is -0.448. The van der Waals surface area contributed by atoms with Crippen LogP contribution in [0, 0.1) is 0 Å². The van der Waals surface area contributed by atoms with E-state index in [1.807, 2.05) is 6.92 Å². The molecular weight excluding hydrogens is 414 g/mol. The fraction of sp³-hybridized carbons (Fsp3) is 0.579. The lowest BCUT2D eigenvalue weighted by atomic mass is 9.94. The van der Waals surface area contributed by atoms with Gasteiger partial charge in [-0.2, -0.15) is 0 Å². The molecule has 0 amide bonds. The van der Waals surface area contributed by atoms with Gasteiger partial charge in [-0.15, -0.1) is 0 Å². The minimum atomic E-state index is -1.98. The smallest absolute Gasteiger partial charge is 0.356 e. The Morgan fingerprint density at radius 3 is 2.62 bits per heavy atom. The molecular formula is C19H26BrNO4Si. The van der Waals surface area contributed by atoms with E-state index in [-0.39, 0.29) is 23.4 Å². The van der Waals surface area contributed by atoms with Crippen molar-refractivity contribution in [2.24, 2.45) is 0 Å². The number of aromatic nitrogens is 1. The van der Waals surface area contributed by atoms with E-state index in [4.69, 9.17) is 13.9 Å². The molecule has 3 atom stereocenters. The fourth-order valence-electron chi connectivity index (χ4n) is 2.96. The molecule has 0 unspecified atom stereocenters. The summed E-state index contributed by atoms with van der Waals surface area (Å²) in [5, 5.41) is 0.0945. The number of hydrogen-bond donors (Lipinski definition) is 0. The van der Waals surface area contributed by atoms with Gasteiger partial charge in [0, 0.05) is 10.0 Å². The average Bonchev–Trinajstić information content (AvgIpc) is 3.31. The van der Waals surface area contributed by atoms with Crippen molar-refractivity contribution in [1.82, 2.24) is 4.98 Å². The van der Waals surface area contributed by atoms with Crippen LogP contribution >= 0.6 is 15.9 Å². The van der Waals surface area contributed by atoms with E-state index in [9.17, 15) is 4.79 Å². The monoisotopic (exact) mass is 439 g/mol. The van der Waals surface area contributed by atoms with Crippen LogP contribution in [0.3, 0.4) is 0 Å². The molecule has 1 fully saturated rings. The molecule has 142 valence electrons. The summed E-state index contributed by atoms with van der Waals surface area (Å²) in [6.45, 7) is 13.1. The predicted molar refractivity (Wildman–Crippen MR) is 107 cm³/mol. The van der Waals surface area contributed by atoms with Gasteiger partial charge >= 0.3 is 5.97 Å². The number of carbonyl (C=O) groups is 1. The van der Waals surface area contributed by atoms with E-state index >= 15 is 0 Å². The molecule has 0 bridgehead atoms. The summed E-state index contributed by atoms with van der Waals surface area (Å²) in [6.07, 6.45) is 1.82. The van der Waals surface area contributed by atoms with Crippen molar-refractivity contribution in [3.8, 4) is 0 Å². The Labute approximate surface area is 164 Å². The minimum Gasteiger partial charge on any atom is -0.464 e. The first-order valence-electron chi connectivity index (χ1n) is 8.80. The molecule has 1 aliphatic carbocycles. The quantitative estimate of drug-likeness (QED) is 0.369. The minimum absolute atomic E-state index is 0.0294. The van der Waals surface area contributed by atoms with Gasteiger partial charge in [0.25, 0.3) is 0 Å². The van der Waals surface area contributed by atoms with Gasteiger partial charge in [0.2, 0.25) is 0 Å². The third-order valence-electron chi connectivity index (χ3n) is 5.53. The second kappa shape index (κ2) is 6.55. The first-order valence-corrected chi connectivity index (χ1v) is 12.5. The highest BCUT2D eigenvalue weighted by Crippen LogP contribution is 2.51. The van der Waals surface area contributed by atoms with Crippen LogP contribution in [0.5, 0.6) is 0 Å². The Hall–Kier alpha value is -1.02. The van der Waals surface area contributed by atoms with E-state index in [2.05, 4.69) is 60.9 Å². The highest BCUT2D eigenvalue weighted by molar-refractivity contribution is 9.15. The zero-order valence-corrected chi connectivity index (χ0v) is 18.9. The third kappa shape index (κ3) is 3.42. The Morgan fingerprint density at radius 1 is 1.38 bits per heavy atom. The Balaban J connectivity index is 2.07. The van der Waals surface area contributed by atoms with Crippen LogP contribution in [0.1, 0.15) is 67.2 Å². The lowest BCUT2D eigenvalue weighted by Gasteiger charge is -2.39. The van der Waals surface area contributed by atoms with E-state index in [0.29, 0.717) is 5.69 Å². The summed E-state index contributed by atoms with van der Waals surface area (Å²) in [4.78, 5) is 16.7. The van der Waals surface area contributed by atoms with Crippen LogP contribution in [0.2, 0.25) is 18.1 Å². The summed E-state index contributed by atoms with van der Waals surface area (Å²) in [7, 11) is -0.614. The number of methoxy groups -OCH3 is 1. The van der Waals surface area contributed by atoms with Crippen LogP contribution in [0.15, 0.2) is 12.1 Å². The second-order valence-corrected chi connectivity index (χ2v) is 14.0. The molecule has 5 nitrogen and oxygen atoms in total. The molecule has 3 rings (SSSR count). The molecule has 7 heteroatoms. The van der Waals surface area contributed by atoms with Gasteiger partial charge in [0.15, 0.2) is 8.32 Å². The van der Waals surface area contributed by atoms with Crippen molar-refractivity contribution < 1.29 is 18.7 Å². The zero-order valence-electron chi connectivity index (χ0n) is 16.3. The van der Waals surface area contributed by atoms with E-state index in [0.717, 1.165) is 21.3 Å². The van der Waals surface area contributed by atoms with E-state index in [1.54, 1.807) is 6.07 Å². The van der Waals surface area contributed by atoms with Crippen LogP contribution < -0.4 is 0 Å². The number of carbonyl (C=O) groups excluding carboxylic acids is 1. The summed E-state index contributed by atoms with van der Waals surface area (Å²) in [5.41, 5.74) is 3.00. The molecule has 0 aromatic carbocycles. The first-order chi connectivity index (χ1) is 12.0. The van der Waals surface area contributed by atoms with Crippen molar-refractivity contribution in [2.75, 3.05) is 7.11 Å². The van der Waals surface area contributed by atoms with E-state index in [1.165, 1.54) is 7.11 Å². The molecule has 0 spiro atoms. The third-order valence-corrected chi connectivity index (χ3v) is 10.7. The molecule has 0 N–H and O–H groups in total. The SMILES string of the molecule is COC(=O)c1cc([C@H](C)O[Si](C)(C)C(C)(C)C)c2c(n1)[C@H]1O[C@H]1C=C2Br. The number of esters is 1. The van der Waals surface area contributed by atoms with Crippen molar-refractivity contribution in [3.05, 3.63) is 34.7 Å². The lowest BCUT2D eigenvalue weighted by Crippen LogP contribution is -2.41. The second-order valence-electron chi connectivity index (χ2n) is 8.40. The van der Waals surface area contributed by atoms with Crippen molar-refractivity contribution >= 4 is 34.7 Å². The average molecular weight is 440 g/mol. The number of nitrogens with zero attached hydrogens (tertiary/aromatic N) is 1. The molecule has 2 aliphatic rings. The topological polar surface area (TPSA) is 61.0 Å². The number of fused-ring (bicyclic) bond motifs is 3. The number of epoxide rings is 1.